The fourth-order valence-electron chi connectivity index (χ4n) is 2.37. The van der Waals surface area contributed by atoms with E-state index in [2.05, 4.69) is 31.1 Å². The summed E-state index contributed by atoms with van der Waals surface area (Å²) in [5, 5.41) is 10.9. The van der Waals surface area contributed by atoms with Crippen LogP contribution < -0.4 is 5.73 Å². The van der Waals surface area contributed by atoms with Gasteiger partial charge in [0.15, 0.2) is 0 Å². The second-order valence-electron chi connectivity index (χ2n) is 6.41. The zero-order valence-corrected chi connectivity index (χ0v) is 12.9. The molecule has 0 bridgehead atoms. The third kappa shape index (κ3) is 3.76. The first-order valence-electron chi connectivity index (χ1n) is 6.87. The first-order chi connectivity index (χ1) is 8.86. The summed E-state index contributed by atoms with van der Waals surface area (Å²) in [6.45, 7) is 9.47. The van der Waals surface area contributed by atoms with E-state index >= 15 is 0 Å². The van der Waals surface area contributed by atoms with E-state index in [0.29, 0.717) is 5.84 Å². The summed E-state index contributed by atoms with van der Waals surface area (Å²) >= 11 is 1.74. The van der Waals surface area contributed by atoms with Crippen molar-refractivity contribution >= 4 is 17.2 Å². The number of amidine groups is 1. The normalized spacial score (nSPS) is 21.5. The lowest BCUT2D eigenvalue weighted by atomic mass is 9.93. The molecule has 1 fully saturated rings. The molecule has 1 atom stereocenters. The highest BCUT2D eigenvalue weighted by Gasteiger charge is 2.23. The van der Waals surface area contributed by atoms with Gasteiger partial charge in [-0.3, -0.25) is 10.3 Å². The molecule has 0 spiro atoms. The molecule has 0 radical (unpaired) electrons. The molecule has 1 aliphatic rings. The van der Waals surface area contributed by atoms with Crippen molar-refractivity contribution in [3.63, 3.8) is 0 Å². The van der Waals surface area contributed by atoms with Gasteiger partial charge in [-0.25, -0.2) is 4.98 Å². The van der Waals surface area contributed by atoms with Crippen LogP contribution in [0, 0.1) is 11.3 Å². The highest BCUT2D eigenvalue weighted by atomic mass is 32.1. The van der Waals surface area contributed by atoms with Crippen molar-refractivity contribution in [2.45, 2.75) is 45.6 Å². The summed E-state index contributed by atoms with van der Waals surface area (Å²) < 4.78 is 0. The van der Waals surface area contributed by atoms with Crippen molar-refractivity contribution in [3.05, 3.63) is 16.1 Å². The highest BCUT2D eigenvalue weighted by molar-refractivity contribution is 7.09. The molecule has 0 amide bonds. The average Bonchev–Trinajstić information content (AvgIpc) is 2.77. The van der Waals surface area contributed by atoms with Gasteiger partial charge in [0.2, 0.25) is 0 Å². The largest absolute Gasteiger partial charge is 0.387 e. The Morgan fingerprint density at radius 2 is 2.32 bits per heavy atom. The molecule has 3 N–H and O–H groups in total. The fourth-order valence-corrected chi connectivity index (χ4v) is 3.43. The van der Waals surface area contributed by atoms with E-state index in [0.717, 1.165) is 32.5 Å². The van der Waals surface area contributed by atoms with Crippen LogP contribution in [-0.2, 0) is 12.0 Å². The summed E-state index contributed by atoms with van der Waals surface area (Å²) in [4.78, 5) is 7.11. The van der Waals surface area contributed by atoms with Crippen LogP contribution in [0.15, 0.2) is 5.38 Å². The number of thiazole rings is 1. The van der Waals surface area contributed by atoms with Gasteiger partial charge in [-0.1, -0.05) is 20.8 Å². The lowest BCUT2D eigenvalue weighted by Gasteiger charge is -2.31. The Morgan fingerprint density at radius 3 is 2.89 bits per heavy atom. The maximum absolute atomic E-state index is 7.58. The maximum Gasteiger partial charge on any atom is 0.107 e. The van der Waals surface area contributed by atoms with Gasteiger partial charge in [0.25, 0.3) is 0 Å². The minimum Gasteiger partial charge on any atom is -0.387 e. The van der Waals surface area contributed by atoms with Crippen LogP contribution in [0.2, 0.25) is 0 Å². The van der Waals surface area contributed by atoms with Gasteiger partial charge < -0.3 is 5.73 Å². The lowest BCUT2D eigenvalue weighted by Crippen LogP contribution is -2.40. The van der Waals surface area contributed by atoms with Crippen LogP contribution in [0.1, 0.15) is 44.3 Å². The molecular formula is C14H24N4S. The van der Waals surface area contributed by atoms with E-state index in [1.807, 2.05) is 0 Å². The fraction of sp³-hybridized carbons (Fsp3) is 0.714. The Bertz CT molecular complexity index is 447. The molecule has 1 saturated heterocycles. The minimum atomic E-state index is 0.124. The second-order valence-corrected chi connectivity index (χ2v) is 7.35. The Kier molecular flexibility index (Phi) is 4.26. The molecule has 1 aliphatic heterocycles. The number of hydrogen-bond acceptors (Lipinski definition) is 4. The molecule has 0 aromatic carbocycles. The predicted molar refractivity (Wildman–Crippen MR) is 80.7 cm³/mol. The number of aromatic nitrogens is 1. The third-order valence-corrected chi connectivity index (χ3v) is 4.46. The molecule has 4 nitrogen and oxygen atoms in total. The number of rotatable bonds is 3. The van der Waals surface area contributed by atoms with Gasteiger partial charge in [0.1, 0.15) is 5.01 Å². The zero-order valence-electron chi connectivity index (χ0n) is 12.1. The lowest BCUT2D eigenvalue weighted by molar-refractivity contribution is 0.195. The van der Waals surface area contributed by atoms with E-state index in [9.17, 15) is 0 Å². The number of piperidine rings is 1. The molecule has 1 aromatic heterocycles. The van der Waals surface area contributed by atoms with Gasteiger partial charge in [-0.2, -0.15) is 0 Å². The number of nitrogens with zero attached hydrogens (tertiary/aromatic N) is 2. The molecule has 1 aromatic rings. The van der Waals surface area contributed by atoms with Crippen LogP contribution in [0.5, 0.6) is 0 Å². The van der Waals surface area contributed by atoms with E-state index in [1.165, 1.54) is 10.7 Å². The van der Waals surface area contributed by atoms with Crippen LogP contribution in [0.4, 0.5) is 0 Å². The summed E-state index contributed by atoms with van der Waals surface area (Å²) in [6.07, 6.45) is 2.18. The standard InChI is InChI=1S/C14H24N4S/c1-14(2,3)11-9-19-12(17-11)8-18-6-4-5-10(7-18)13(15)16/h9-10H,4-8H2,1-3H3,(H3,15,16). The Hall–Kier alpha value is -0.940. The first kappa shape index (κ1) is 14.5. The zero-order chi connectivity index (χ0) is 14.0. The quantitative estimate of drug-likeness (QED) is 0.660. The molecular weight excluding hydrogens is 256 g/mol. The van der Waals surface area contributed by atoms with Crippen molar-refractivity contribution in [3.8, 4) is 0 Å². The summed E-state index contributed by atoms with van der Waals surface area (Å²) in [5.74, 6) is 0.565. The number of hydrogen-bond donors (Lipinski definition) is 2. The summed E-state index contributed by atoms with van der Waals surface area (Å²) in [7, 11) is 0. The number of nitrogens with two attached hydrogens (primary N) is 1. The molecule has 2 heterocycles. The predicted octanol–water partition coefficient (Wildman–Crippen LogP) is 2.59. The van der Waals surface area contributed by atoms with Crippen LogP contribution in [0.25, 0.3) is 0 Å². The Labute approximate surface area is 119 Å². The summed E-state index contributed by atoms with van der Waals surface area (Å²) in [5.41, 5.74) is 6.92. The van der Waals surface area contributed by atoms with Gasteiger partial charge >= 0.3 is 0 Å². The number of likely N-dealkylation sites (tertiary alicyclic amines) is 1. The van der Waals surface area contributed by atoms with Crippen molar-refractivity contribution in [2.75, 3.05) is 13.1 Å². The highest BCUT2D eigenvalue weighted by Crippen LogP contribution is 2.25. The monoisotopic (exact) mass is 280 g/mol. The van der Waals surface area contributed by atoms with E-state index in [1.54, 1.807) is 11.3 Å². The molecule has 0 aliphatic carbocycles. The maximum atomic E-state index is 7.58. The van der Waals surface area contributed by atoms with Crippen molar-refractivity contribution in [1.29, 1.82) is 5.41 Å². The molecule has 0 saturated carbocycles. The third-order valence-electron chi connectivity index (χ3n) is 3.62. The molecule has 2 rings (SSSR count). The van der Waals surface area contributed by atoms with Gasteiger partial charge in [0, 0.05) is 23.3 Å². The van der Waals surface area contributed by atoms with Crippen LogP contribution >= 0.6 is 11.3 Å². The molecule has 19 heavy (non-hydrogen) atoms. The minimum absolute atomic E-state index is 0.124. The van der Waals surface area contributed by atoms with Gasteiger partial charge in [-0.15, -0.1) is 11.3 Å². The Balaban J connectivity index is 1.97. The van der Waals surface area contributed by atoms with Gasteiger partial charge in [-0.05, 0) is 19.4 Å². The number of nitrogens with one attached hydrogen (secondary N) is 1. The molecule has 5 heteroatoms. The van der Waals surface area contributed by atoms with Gasteiger partial charge in [0.05, 0.1) is 18.1 Å². The van der Waals surface area contributed by atoms with E-state index < -0.39 is 0 Å². The van der Waals surface area contributed by atoms with Crippen molar-refractivity contribution in [2.24, 2.45) is 11.7 Å². The second kappa shape index (κ2) is 5.59. The van der Waals surface area contributed by atoms with E-state index in [-0.39, 0.29) is 11.3 Å². The van der Waals surface area contributed by atoms with E-state index in [4.69, 9.17) is 16.1 Å². The Morgan fingerprint density at radius 1 is 1.58 bits per heavy atom. The van der Waals surface area contributed by atoms with Crippen LogP contribution in [-0.4, -0.2) is 28.8 Å². The topological polar surface area (TPSA) is 66.0 Å². The van der Waals surface area contributed by atoms with Crippen molar-refractivity contribution in [1.82, 2.24) is 9.88 Å². The first-order valence-corrected chi connectivity index (χ1v) is 7.75. The average molecular weight is 280 g/mol. The SMILES string of the molecule is CC(C)(C)c1csc(CN2CCCC(C(=N)N)C2)n1. The summed E-state index contributed by atoms with van der Waals surface area (Å²) in [6, 6.07) is 0. The molecule has 106 valence electrons. The molecule has 1 unspecified atom stereocenters. The van der Waals surface area contributed by atoms with Crippen LogP contribution in [0.3, 0.4) is 0 Å². The smallest absolute Gasteiger partial charge is 0.107 e. The van der Waals surface area contributed by atoms with Crippen molar-refractivity contribution < 1.29 is 0 Å².